The number of benzene rings is 2. The zero-order valence-electron chi connectivity index (χ0n) is 16.0. The molecule has 0 saturated carbocycles. The van der Waals surface area contributed by atoms with Crippen molar-refractivity contribution >= 4 is 29.4 Å². The van der Waals surface area contributed by atoms with E-state index in [-0.39, 0.29) is 18.7 Å². The Balaban J connectivity index is 1.64. The summed E-state index contributed by atoms with van der Waals surface area (Å²) in [6.45, 7) is -0.0882. The van der Waals surface area contributed by atoms with Crippen LogP contribution in [0.2, 0.25) is 0 Å². The minimum Gasteiger partial charge on any atom is -0.465 e. The van der Waals surface area contributed by atoms with E-state index >= 15 is 0 Å². The molecule has 0 bridgehead atoms. The molecule has 0 heterocycles. The summed E-state index contributed by atoms with van der Waals surface area (Å²) in [5.74, 6) is -1.93. The molecule has 0 saturated heterocycles. The monoisotopic (exact) mass is 398 g/mol. The van der Waals surface area contributed by atoms with Gasteiger partial charge in [0.1, 0.15) is 0 Å². The highest BCUT2D eigenvalue weighted by molar-refractivity contribution is 5.94. The number of ether oxygens (including phenoxy) is 2. The highest BCUT2D eigenvalue weighted by Crippen LogP contribution is 2.10. The number of hydrogen-bond acceptors (Lipinski definition) is 6. The smallest absolute Gasteiger partial charge is 0.337 e. The van der Waals surface area contributed by atoms with Gasteiger partial charge in [-0.2, -0.15) is 0 Å². The van der Waals surface area contributed by atoms with Crippen molar-refractivity contribution in [2.75, 3.05) is 19.0 Å². The van der Waals surface area contributed by atoms with E-state index in [1.165, 1.54) is 31.4 Å². The molecular weight excluding hydrogens is 376 g/mol. The van der Waals surface area contributed by atoms with Crippen LogP contribution in [0.15, 0.2) is 54.6 Å². The number of anilines is 1. The summed E-state index contributed by atoms with van der Waals surface area (Å²) in [6, 6.07) is 15.5. The maximum absolute atomic E-state index is 11.8. The molecule has 0 aliphatic heterocycles. The summed E-state index contributed by atoms with van der Waals surface area (Å²) >= 11 is 0. The van der Waals surface area contributed by atoms with Crippen LogP contribution >= 0.6 is 0 Å². The van der Waals surface area contributed by atoms with Gasteiger partial charge in [0.05, 0.1) is 19.1 Å². The molecule has 8 heteroatoms. The third kappa shape index (κ3) is 7.84. The molecule has 0 aliphatic carbocycles. The Morgan fingerprint density at radius 2 is 1.55 bits per heavy atom. The van der Waals surface area contributed by atoms with Gasteiger partial charge in [-0.05, 0) is 29.8 Å². The number of amides is 2. The zero-order chi connectivity index (χ0) is 21.1. The Morgan fingerprint density at radius 1 is 0.862 bits per heavy atom. The van der Waals surface area contributed by atoms with Crippen molar-refractivity contribution in [2.45, 2.75) is 19.4 Å². The molecule has 0 radical (unpaired) electrons. The summed E-state index contributed by atoms with van der Waals surface area (Å²) in [6.07, 6.45) is -0.149. The van der Waals surface area contributed by atoms with E-state index in [0.29, 0.717) is 17.8 Å². The molecule has 0 unspecified atom stereocenters. The average Bonchev–Trinajstić information content (AvgIpc) is 2.75. The third-order valence-electron chi connectivity index (χ3n) is 3.84. The molecule has 0 spiro atoms. The van der Waals surface area contributed by atoms with Crippen molar-refractivity contribution in [3.8, 4) is 0 Å². The lowest BCUT2D eigenvalue weighted by molar-refractivity contribution is -0.148. The molecule has 0 atom stereocenters. The highest BCUT2D eigenvalue weighted by Gasteiger charge is 2.11. The summed E-state index contributed by atoms with van der Waals surface area (Å²) in [7, 11) is 1.28. The predicted molar refractivity (Wildman–Crippen MR) is 105 cm³/mol. The maximum atomic E-state index is 11.8. The van der Waals surface area contributed by atoms with Crippen LogP contribution in [0.4, 0.5) is 5.69 Å². The molecule has 0 fully saturated rings. The van der Waals surface area contributed by atoms with Crippen LogP contribution in [0.25, 0.3) is 0 Å². The van der Waals surface area contributed by atoms with Crippen molar-refractivity contribution in [3.05, 3.63) is 65.7 Å². The molecule has 0 aromatic heterocycles. The minimum atomic E-state index is -0.643. The van der Waals surface area contributed by atoms with Crippen molar-refractivity contribution in [1.82, 2.24) is 5.32 Å². The van der Waals surface area contributed by atoms with Crippen molar-refractivity contribution < 1.29 is 28.7 Å². The van der Waals surface area contributed by atoms with Crippen LogP contribution in [0.1, 0.15) is 28.8 Å². The molecule has 0 aliphatic rings. The Bertz CT molecular complexity index is 849. The van der Waals surface area contributed by atoms with Crippen LogP contribution in [0.5, 0.6) is 0 Å². The highest BCUT2D eigenvalue weighted by atomic mass is 16.5. The predicted octanol–water partition coefficient (Wildman–Crippen LogP) is 2.05. The molecule has 2 amide bonds. The number of esters is 2. The van der Waals surface area contributed by atoms with Gasteiger partial charge in [-0.1, -0.05) is 30.3 Å². The van der Waals surface area contributed by atoms with Gasteiger partial charge in [-0.15, -0.1) is 0 Å². The van der Waals surface area contributed by atoms with E-state index in [1.54, 1.807) is 0 Å². The molecular formula is C21H22N2O6. The van der Waals surface area contributed by atoms with E-state index < -0.39 is 24.5 Å². The fourth-order valence-electron chi connectivity index (χ4n) is 2.32. The summed E-state index contributed by atoms with van der Waals surface area (Å²) < 4.78 is 9.45. The topological polar surface area (TPSA) is 111 Å². The van der Waals surface area contributed by atoms with Crippen molar-refractivity contribution in [3.63, 3.8) is 0 Å². The molecule has 2 rings (SSSR count). The normalized spacial score (nSPS) is 9.97. The first-order valence-electron chi connectivity index (χ1n) is 8.92. The Hall–Kier alpha value is -3.68. The van der Waals surface area contributed by atoms with E-state index in [4.69, 9.17) is 4.74 Å². The first-order chi connectivity index (χ1) is 14.0. The largest absolute Gasteiger partial charge is 0.465 e. The summed E-state index contributed by atoms with van der Waals surface area (Å²) in [5, 5.41) is 5.25. The molecule has 8 nitrogen and oxygen atoms in total. The average molecular weight is 398 g/mol. The molecule has 152 valence electrons. The Morgan fingerprint density at radius 3 is 2.21 bits per heavy atom. The van der Waals surface area contributed by atoms with E-state index in [1.807, 2.05) is 30.3 Å². The van der Waals surface area contributed by atoms with Crippen LogP contribution < -0.4 is 10.6 Å². The zero-order valence-corrected chi connectivity index (χ0v) is 16.0. The second-order valence-electron chi connectivity index (χ2n) is 6.04. The molecule has 2 aromatic carbocycles. The van der Waals surface area contributed by atoms with Crippen molar-refractivity contribution in [1.29, 1.82) is 0 Å². The standard InChI is InChI=1S/C21H22N2O6/c1-28-21(27)16-7-9-17(10-8-16)23-19(25)14-29-20(26)12-11-18(24)22-13-15-5-3-2-4-6-15/h2-10H,11-14H2,1H3,(H,22,24)(H,23,25). The van der Waals surface area contributed by atoms with E-state index in [0.717, 1.165) is 5.56 Å². The quantitative estimate of drug-likeness (QED) is 0.626. The number of methoxy groups -OCH3 is 1. The lowest BCUT2D eigenvalue weighted by Crippen LogP contribution is -2.25. The van der Waals surface area contributed by atoms with Gasteiger partial charge in [-0.3, -0.25) is 14.4 Å². The number of rotatable bonds is 9. The van der Waals surface area contributed by atoms with Crippen LogP contribution in [-0.4, -0.2) is 37.5 Å². The lowest BCUT2D eigenvalue weighted by Gasteiger charge is -2.08. The van der Waals surface area contributed by atoms with Gasteiger partial charge in [0.2, 0.25) is 5.91 Å². The fraction of sp³-hybridized carbons (Fsp3) is 0.238. The minimum absolute atomic E-state index is 0.0255. The first kappa shape index (κ1) is 21.6. The van der Waals surface area contributed by atoms with Crippen LogP contribution in [0.3, 0.4) is 0 Å². The van der Waals surface area contributed by atoms with E-state index in [2.05, 4.69) is 15.4 Å². The Labute approximate surface area is 168 Å². The number of carbonyl (C=O) groups excluding carboxylic acids is 4. The van der Waals surface area contributed by atoms with Gasteiger partial charge in [-0.25, -0.2) is 4.79 Å². The van der Waals surface area contributed by atoms with Gasteiger partial charge in [0.15, 0.2) is 6.61 Å². The molecule has 2 N–H and O–H groups in total. The number of nitrogens with one attached hydrogen (secondary N) is 2. The van der Waals surface area contributed by atoms with Gasteiger partial charge >= 0.3 is 11.9 Å². The third-order valence-corrected chi connectivity index (χ3v) is 3.84. The maximum Gasteiger partial charge on any atom is 0.337 e. The fourth-order valence-corrected chi connectivity index (χ4v) is 2.32. The van der Waals surface area contributed by atoms with Gasteiger partial charge in [0, 0.05) is 18.7 Å². The summed E-state index contributed by atoms with van der Waals surface area (Å²) in [4.78, 5) is 46.6. The van der Waals surface area contributed by atoms with Crippen molar-refractivity contribution in [2.24, 2.45) is 0 Å². The van der Waals surface area contributed by atoms with E-state index in [9.17, 15) is 19.2 Å². The molecule has 2 aromatic rings. The lowest BCUT2D eigenvalue weighted by atomic mass is 10.2. The second kappa shape index (κ2) is 11.2. The van der Waals surface area contributed by atoms with Gasteiger partial charge in [0.25, 0.3) is 5.91 Å². The number of carbonyl (C=O) groups is 4. The summed E-state index contributed by atoms with van der Waals surface area (Å²) in [5.41, 5.74) is 1.75. The first-order valence-corrected chi connectivity index (χ1v) is 8.92. The van der Waals surface area contributed by atoms with Crippen LogP contribution in [-0.2, 0) is 30.4 Å². The van der Waals surface area contributed by atoms with Gasteiger partial charge < -0.3 is 20.1 Å². The van der Waals surface area contributed by atoms with Crippen LogP contribution in [0, 0.1) is 0 Å². The molecule has 29 heavy (non-hydrogen) atoms. The Kier molecular flexibility index (Phi) is 8.37. The second-order valence-corrected chi connectivity index (χ2v) is 6.04. The number of hydrogen-bond donors (Lipinski definition) is 2. The SMILES string of the molecule is COC(=O)c1ccc(NC(=O)COC(=O)CCC(=O)NCc2ccccc2)cc1.